The summed E-state index contributed by atoms with van der Waals surface area (Å²) in [6.45, 7) is 7.01. The van der Waals surface area contributed by atoms with Crippen LogP contribution in [0.15, 0.2) is 40.9 Å². The van der Waals surface area contributed by atoms with Crippen molar-refractivity contribution in [3.05, 3.63) is 67.6 Å². The highest BCUT2D eigenvalue weighted by molar-refractivity contribution is 9.10. The van der Waals surface area contributed by atoms with E-state index >= 15 is 0 Å². The van der Waals surface area contributed by atoms with Crippen molar-refractivity contribution >= 4 is 50.9 Å². The van der Waals surface area contributed by atoms with Gasteiger partial charge in [0.15, 0.2) is 0 Å². The van der Waals surface area contributed by atoms with E-state index in [2.05, 4.69) is 26.1 Å². The predicted molar refractivity (Wildman–Crippen MR) is 132 cm³/mol. The molecule has 2 aliphatic heterocycles. The average molecular weight is 539 g/mol. The molecular weight excluding hydrogens is 513 g/mol. The molecule has 0 spiro atoms. The first-order valence-electron chi connectivity index (χ1n) is 10.8. The lowest BCUT2D eigenvalue weighted by molar-refractivity contribution is 0.0774. The Labute approximate surface area is 207 Å². The number of benzene rings is 2. The van der Waals surface area contributed by atoms with Gasteiger partial charge in [-0.15, -0.1) is 0 Å². The summed E-state index contributed by atoms with van der Waals surface area (Å²) in [6.07, 6.45) is 0.891. The van der Waals surface area contributed by atoms with Gasteiger partial charge in [-0.1, -0.05) is 45.2 Å². The fourth-order valence-electron chi connectivity index (χ4n) is 4.61. The Kier molecular flexibility index (Phi) is 7.45. The lowest BCUT2D eigenvalue weighted by Gasteiger charge is -2.22. The Hall–Kier alpha value is -1.60. The number of hydrogen-bond acceptors (Lipinski definition) is 3. The number of carbonyl (C=O) groups is 2. The number of carbonyl (C=O) groups excluding carboxylic acids is 2. The van der Waals surface area contributed by atoms with Crippen LogP contribution in [0.1, 0.15) is 32.7 Å². The fourth-order valence-corrected chi connectivity index (χ4v) is 5.55. The fraction of sp³-hybridized carbons (Fsp3) is 0.417. The maximum absolute atomic E-state index is 12.9. The van der Waals surface area contributed by atoms with E-state index in [1.54, 1.807) is 24.3 Å². The standard InChI is InChI=1S/C24H26BrCl2N3O2/c1-15-3-4-16(9-21(15)26)23(31)28-7-2-8-29-11-17-13-30(14-18(17)12-29)24(32)20-6-5-19(25)10-22(20)27/h3-6,9-10,17-18H,2,7-8,11-14H2,1H3,(H,28,31). The number of nitrogens with zero attached hydrogens (tertiary/aromatic N) is 2. The zero-order valence-electron chi connectivity index (χ0n) is 17.9. The maximum Gasteiger partial charge on any atom is 0.255 e. The Morgan fingerprint density at radius 2 is 1.75 bits per heavy atom. The number of fused-ring (bicyclic) bond motifs is 1. The van der Waals surface area contributed by atoms with Gasteiger partial charge in [-0.05, 0) is 67.6 Å². The lowest BCUT2D eigenvalue weighted by Crippen LogP contribution is -2.34. The van der Waals surface area contributed by atoms with Crippen molar-refractivity contribution in [1.82, 2.24) is 15.1 Å². The van der Waals surface area contributed by atoms with E-state index in [0.29, 0.717) is 39.6 Å². The summed E-state index contributed by atoms with van der Waals surface area (Å²) in [6, 6.07) is 10.8. The third kappa shape index (κ3) is 5.30. The zero-order chi connectivity index (χ0) is 22.8. The summed E-state index contributed by atoms with van der Waals surface area (Å²) in [5.41, 5.74) is 2.12. The minimum Gasteiger partial charge on any atom is -0.352 e. The van der Waals surface area contributed by atoms with Gasteiger partial charge < -0.3 is 15.1 Å². The largest absolute Gasteiger partial charge is 0.352 e. The molecule has 0 aromatic heterocycles. The summed E-state index contributed by atoms with van der Waals surface area (Å²) in [4.78, 5) is 29.6. The molecule has 170 valence electrons. The summed E-state index contributed by atoms with van der Waals surface area (Å²) >= 11 is 15.8. The minimum absolute atomic E-state index is 0.0161. The summed E-state index contributed by atoms with van der Waals surface area (Å²) in [7, 11) is 0. The second kappa shape index (κ2) is 10.1. The van der Waals surface area contributed by atoms with Crippen LogP contribution in [0.25, 0.3) is 0 Å². The number of amides is 2. The molecule has 1 N–H and O–H groups in total. The topological polar surface area (TPSA) is 52.7 Å². The molecule has 4 rings (SSSR count). The first kappa shape index (κ1) is 23.6. The van der Waals surface area contributed by atoms with Gasteiger partial charge in [0.25, 0.3) is 11.8 Å². The predicted octanol–water partition coefficient (Wildman–Crippen LogP) is 4.89. The van der Waals surface area contributed by atoms with Gasteiger partial charge in [0.2, 0.25) is 0 Å². The number of hydrogen-bond donors (Lipinski definition) is 1. The highest BCUT2D eigenvalue weighted by Crippen LogP contribution is 2.33. The quantitative estimate of drug-likeness (QED) is 0.533. The van der Waals surface area contributed by atoms with Crippen LogP contribution in [0.4, 0.5) is 0 Å². The molecule has 0 radical (unpaired) electrons. The number of nitrogens with one attached hydrogen (secondary N) is 1. The Morgan fingerprint density at radius 3 is 2.41 bits per heavy atom. The highest BCUT2D eigenvalue weighted by atomic mass is 79.9. The highest BCUT2D eigenvalue weighted by Gasteiger charge is 2.41. The SMILES string of the molecule is Cc1ccc(C(=O)NCCCN2CC3CN(C(=O)c4ccc(Br)cc4Cl)CC3C2)cc1Cl. The van der Waals surface area contributed by atoms with Crippen LogP contribution in [0.5, 0.6) is 0 Å². The molecule has 2 fully saturated rings. The number of halogens is 3. The van der Waals surface area contributed by atoms with Crippen molar-refractivity contribution in [2.75, 3.05) is 39.3 Å². The van der Waals surface area contributed by atoms with Crippen molar-refractivity contribution in [2.24, 2.45) is 11.8 Å². The van der Waals surface area contributed by atoms with Crippen LogP contribution in [0.2, 0.25) is 10.0 Å². The molecule has 2 heterocycles. The monoisotopic (exact) mass is 537 g/mol. The van der Waals surface area contributed by atoms with Crippen LogP contribution in [-0.4, -0.2) is 60.9 Å². The second-order valence-electron chi connectivity index (χ2n) is 8.69. The zero-order valence-corrected chi connectivity index (χ0v) is 21.0. The van der Waals surface area contributed by atoms with Crippen LogP contribution in [0, 0.1) is 18.8 Å². The first-order valence-corrected chi connectivity index (χ1v) is 12.4. The van der Waals surface area contributed by atoms with Crippen molar-refractivity contribution < 1.29 is 9.59 Å². The maximum atomic E-state index is 12.9. The normalized spacial score (nSPS) is 20.4. The Bertz CT molecular complexity index is 1020. The number of aryl methyl sites for hydroxylation is 1. The molecule has 5 nitrogen and oxygen atoms in total. The average Bonchev–Trinajstić information content (AvgIpc) is 3.31. The third-order valence-electron chi connectivity index (χ3n) is 6.38. The van der Waals surface area contributed by atoms with Gasteiger partial charge in [0, 0.05) is 47.8 Å². The molecular formula is C24H26BrCl2N3O2. The molecule has 2 atom stereocenters. The van der Waals surface area contributed by atoms with E-state index in [1.807, 2.05) is 24.0 Å². The smallest absolute Gasteiger partial charge is 0.255 e. The molecule has 0 saturated carbocycles. The van der Waals surface area contributed by atoms with E-state index in [0.717, 1.165) is 49.2 Å². The van der Waals surface area contributed by atoms with E-state index in [1.165, 1.54) is 0 Å². The first-order chi connectivity index (χ1) is 15.3. The molecule has 32 heavy (non-hydrogen) atoms. The lowest BCUT2D eigenvalue weighted by atomic mass is 10.0. The van der Waals surface area contributed by atoms with E-state index in [-0.39, 0.29) is 11.8 Å². The van der Waals surface area contributed by atoms with Gasteiger partial charge in [-0.2, -0.15) is 0 Å². The second-order valence-corrected chi connectivity index (χ2v) is 10.4. The van der Waals surface area contributed by atoms with Gasteiger partial charge >= 0.3 is 0 Å². The molecule has 2 amide bonds. The van der Waals surface area contributed by atoms with Crippen molar-refractivity contribution in [3.8, 4) is 0 Å². The molecule has 2 unspecified atom stereocenters. The number of rotatable bonds is 6. The van der Waals surface area contributed by atoms with Crippen LogP contribution < -0.4 is 5.32 Å². The van der Waals surface area contributed by atoms with Crippen LogP contribution >= 0.6 is 39.1 Å². The van der Waals surface area contributed by atoms with Crippen LogP contribution in [0.3, 0.4) is 0 Å². The van der Waals surface area contributed by atoms with Crippen molar-refractivity contribution in [2.45, 2.75) is 13.3 Å². The van der Waals surface area contributed by atoms with E-state index in [4.69, 9.17) is 23.2 Å². The molecule has 0 aliphatic carbocycles. The summed E-state index contributed by atoms with van der Waals surface area (Å²) in [5.74, 6) is 0.920. The Balaban J connectivity index is 1.20. The van der Waals surface area contributed by atoms with Gasteiger partial charge in [0.05, 0.1) is 10.6 Å². The summed E-state index contributed by atoms with van der Waals surface area (Å²) < 4.78 is 0.867. The van der Waals surface area contributed by atoms with Gasteiger partial charge in [0.1, 0.15) is 0 Å². The number of likely N-dealkylation sites (tertiary alicyclic amines) is 2. The molecule has 2 aromatic carbocycles. The van der Waals surface area contributed by atoms with Crippen molar-refractivity contribution in [1.29, 1.82) is 0 Å². The molecule has 2 aliphatic rings. The summed E-state index contributed by atoms with van der Waals surface area (Å²) in [5, 5.41) is 4.07. The molecule has 2 aromatic rings. The third-order valence-corrected chi connectivity index (χ3v) is 7.59. The van der Waals surface area contributed by atoms with Gasteiger partial charge in [-0.25, -0.2) is 0 Å². The minimum atomic E-state index is -0.0917. The Morgan fingerprint density at radius 1 is 1.03 bits per heavy atom. The van der Waals surface area contributed by atoms with Crippen LogP contribution in [-0.2, 0) is 0 Å². The van der Waals surface area contributed by atoms with Gasteiger partial charge in [-0.3, -0.25) is 9.59 Å². The van der Waals surface area contributed by atoms with Crippen molar-refractivity contribution in [3.63, 3.8) is 0 Å². The molecule has 8 heteroatoms. The molecule has 0 bridgehead atoms. The molecule has 2 saturated heterocycles. The van der Waals surface area contributed by atoms with E-state index in [9.17, 15) is 9.59 Å². The van der Waals surface area contributed by atoms with E-state index < -0.39 is 0 Å².